The summed E-state index contributed by atoms with van der Waals surface area (Å²) in [6, 6.07) is 8.64. The molecule has 0 atom stereocenters. The van der Waals surface area contributed by atoms with Gasteiger partial charge in [0, 0.05) is 43.1 Å². The van der Waals surface area contributed by atoms with Crippen LogP contribution in [0.4, 0.5) is 0 Å². The van der Waals surface area contributed by atoms with E-state index in [-0.39, 0.29) is 11.4 Å². The fraction of sp³-hybridized carbons (Fsp3) is 0.409. The Balaban J connectivity index is 1.31. The van der Waals surface area contributed by atoms with Crippen molar-refractivity contribution in [2.45, 2.75) is 38.3 Å². The quantitative estimate of drug-likeness (QED) is 0.726. The first-order chi connectivity index (χ1) is 14.1. The summed E-state index contributed by atoms with van der Waals surface area (Å²) < 4.78 is 7.05. The van der Waals surface area contributed by atoms with E-state index in [4.69, 9.17) is 4.74 Å². The van der Waals surface area contributed by atoms with Crippen molar-refractivity contribution in [1.82, 2.24) is 24.6 Å². The van der Waals surface area contributed by atoms with E-state index < -0.39 is 0 Å². The normalized spacial score (nSPS) is 18.1. The topological polar surface area (TPSA) is 71.8 Å². The number of benzene rings is 1. The molecular weight excluding hydrogens is 366 g/mol. The highest BCUT2D eigenvalue weighted by Crippen LogP contribution is 2.32. The number of nitrogens with zero attached hydrogens (tertiary/aromatic N) is 4. The molecule has 1 N–H and O–H groups in total. The van der Waals surface area contributed by atoms with Crippen molar-refractivity contribution in [2.75, 3.05) is 20.2 Å². The van der Waals surface area contributed by atoms with Gasteiger partial charge >= 0.3 is 0 Å². The molecule has 1 amide bonds. The van der Waals surface area contributed by atoms with Crippen molar-refractivity contribution in [3.8, 4) is 5.88 Å². The van der Waals surface area contributed by atoms with Crippen molar-refractivity contribution >= 4 is 11.7 Å². The first kappa shape index (κ1) is 18.1. The van der Waals surface area contributed by atoms with Gasteiger partial charge in [-0.25, -0.2) is 4.98 Å². The number of carbonyl (C=O) groups excluding carboxylic acids is 1. The van der Waals surface area contributed by atoms with E-state index in [2.05, 4.69) is 39.6 Å². The molecule has 0 aliphatic carbocycles. The largest absolute Gasteiger partial charge is 0.481 e. The molecule has 7 nitrogen and oxygen atoms in total. The molecule has 2 aliphatic rings. The lowest BCUT2D eigenvalue weighted by Gasteiger charge is -2.45. The van der Waals surface area contributed by atoms with Crippen LogP contribution in [0.1, 0.15) is 40.0 Å². The molecule has 4 heterocycles. The number of rotatable bonds is 2. The number of imidazole rings is 1. The lowest BCUT2D eigenvalue weighted by Crippen LogP contribution is -2.57. The first-order valence-electron chi connectivity index (χ1n) is 10.1. The second-order valence-corrected chi connectivity index (χ2v) is 8.14. The molecule has 0 bridgehead atoms. The van der Waals surface area contributed by atoms with Gasteiger partial charge in [0.15, 0.2) is 0 Å². The van der Waals surface area contributed by atoms with Gasteiger partial charge in [-0.1, -0.05) is 24.3 Å². The highest BCUT2D eigenvalue weighted by atomic mass is 16.5. The fourth-order valence-corrected chi connectivity index (χ4v) is 4.58. The standard InChI is InChI=1S/C22H25N5O2/c1-15-13-27-14-18(24-21(27)25-19(15)29-2)20(28)26-9-7-22(8-10-26)11-16-5-3-4-6-17(16)12-23-22/h3-6,13-14,23H,7-12H2,1-2H3. The number of aryl methyl sites for hydroxylation is 1. The molecule has 0 saturated carbocycles. The van der Waals surface area contributed by atoms with Crippen LogP contribution in [-0.4, -0.2) is 50.9 Å². The summed E-state index contributed by atoms with van der Waals surface area (Å²) in [5.41, 5.74) is 4.25. The third-order valence-corrected chi connectivity index (χ3v) is 6.31. The van der Waals surface area contributed by atoms with Gasteiger partial charge in [-0.3, -0.25) is 9.20 Å². The lowest BCUT2D eigenvalue weighted by molar-refractivity contribution is 0.0626. The molecule has 1 spiro atoms. The molecule has 150 valence electrons. The molecule has 5 rings (SSSR count). The SMILES string of the molecule is COc1nc2nc(C(=O)N3CCC4(CC3)Cc3ccccc3CN4)cn2cc1C. The summed E-state index contributed by atoms with van der Waals surface area (Å²) in [5, 5.41) is 3.75. The van der Waals surface area contributed by atoms with Crippen LogP contribution >= 0.6 is 0 Å². The molecule has 3 aromatic rings. The third-order valence-electron chi connectivity index (χ3n) is 6.31. The third kappa shape index (κ3) is 3.15. The average Bonchev–Trinajstić information content (AvgIpc) is 3.16. The van der Waals surface area contributed by atoms with Gasteiger partial charge in [-0.2, -0.15) is 4.98 Å². The van der Waals surface area contributed by atoms with Crippen molar-refractivity contribution in [1.29, 1.82) is 0 Å². The summed E-state index contributed by atoms with van der Waals surface area (Å²) in [5.74, 6) is 0.985. The van der Waals surface area contributed by atoms with Crippen LogP contribution in [0, 0.1) is 6.92 Å². The van der Waals surface area contributed by atoms with Gasteiger partial charge in [-0.15, -0.1) is 0 Å². The number of hydrogen-bond acceptors (Lipinski definition) is 5. The zero-order valence-electron chi connectivity index (χ0n) is 16.8. The molecule has 1 fully saturated rings. The van der Waals surface area contributed by atoms with Crippen LogP contribution in [0.15, 0.2) is 36.7 Å². The van der Waals surface area contributed by atoms with Gasteiger partial charge in [0.1, 0.15) is 5.69 Å². The van der Waals surface area contributed by atoms with Gasteiger partial charge in [0.25, 0.3) is 5.91 Å². The van der Waals surface area contributed by atoms with Gasteiger partial charge in [-0.05, 0) is 37.3 Å². The number of carbonyl (C=O) groups is 1. The Morgan fingerprint density at radius 3 is 2.66 bits per heavy atom. The summed E-state index contributed by atoms with van der Waals surface area (Å²) in [6.45, 7) is 4.30. The van der Waals surface area contributed by atoms with Crippen molar-refractivity contribution < 1.29 is 9.53 Å². The van der Waals surface area contributed by atoms with E-state index in [1.54, 1.807) is 17.7 Å². The molecule has 2 aliphatic heterocycles. The molecule has 29 heavy (non-hydrogen) atoms. The zero-order valence-corrected chi connectivity index (χ0v) is 16.8. The number of methoxy groups -OCH3 is 1. The number of piperidine rings is 1. The number of nitrogens with one attached hydrogen (secondary N) is 1. The maximum Gasteiger partial charge on any atom is 0.274 e. The van der Waals surface area contributed by atoms with E-state index in [0.29, 0.717) is 17.4 Å². The van der Waals surface area contributed by atoms with E-state index in [1.807, 2.05) is 18.0 Å². The van der Waals surface area contributed by atoms with Crippen LogP contribution in [0.5, 0.6) is 5.88 Å². The lowest BCUT2D eigenvalue weighted by atomic mass is 9.78. The Morgan fingerprint density at radius 2 is 1.90 bits per heavy atom. The van der Waals surface area contributed by atoms with Crippen molar-refractivity contribution in [2.24, 2.45) is 0 Å². The monoisotopic (exact) mass is 391 g/mol. The summed E-state index contributed by atoms with van der Waals surface area (Å²) >= 11 is 0. The molecular formula is C22H25N5O2. The van der Waals surface area contributed by atoms with Crippen molar-refractivity contribution in [3.05, 3.63) is 59.0 Å². The number of ether oxygens (including phenoxy) is 1. The minimum absolute atomic E-state index is 0.0295. The molecule has 0 unspecified atom stereocenters. The van der Waals surface area contributed by atoms with E-state index in [1.165, 1.54) is 11.1 Å². The molecule has 0 radical (unpaired) electrons. The summed E-state index contributed by atoms with van der Waals surface area (Å²) in [4.78, 5) is 23.8. The smallest absolute Gasteiger partial charge is 0.274 e. The van der Waals surface area contributed by atoms with E-state index in [0.717, 1.165) is 44.5 Å². The van der Waals surface area contributed by atoms with Crippen LogP contribution in [0.2, 0.25) is 0 Å². The Morgan fingerprint density at radius 1 is 1.14 bits per heavy atom. The van der Waals surface area contributed by atoms with E-state index >= 15 is 0 Å². The predicted molar refractivity (Wildman–Crippen MR) is 109 cm³/mol. The zero-order chi connectivity index (χ0) is 20.0. The van der Waals surface area contributed by atoms with Crippen LogP contribution in [0.25, 0.3) is 5.78 Å². The van der Waals surface area contributed by atoms with Crippen LogP contribution in [0.3, 0.4) is 0 Å². The van der Waals surface area contributed by atoms with Gasteiger partial charge < -0.3 is 15.0 Å². The number of likely N-dealkylation sites (tertiary alicyclic amines) is 1. The molecule has 1 aromatic carbocycles. The Hall–Kier alpha value is -2.93. The Kier molecular flexibility index (Phi) is 4.28. The second kappa shape index (κ2) is 6.84. The van der Waals surface area contributed by atoms with Crippen LogP contribution in [-0.2, 0) is 13.0 Å². The molecule has 7 heteroatoms. The predicted octanol–water partition coefficient (Wildman–Crippen LogP) is 2.37. The Bertz CT molecular complexity index is 1080. The van der Waals surface area contributed by atoms with Gasteiger partial charge in [0.05, 0.1) is 7.11 Å². The van der Waals surface area contributed by atoms with Crippen LogP contribution < -0.4 is 10.1 Å². The van der Waals surface area contributed by atoms with Crippen molar-refractivity contribution in [3.63, 3.8) is 0 Å². The number of fused-ring (bicyclic) bond motifs is 2. The average molecular weight is 391 g/mol. The number of amides is 1. The van der Waals surface area contributed by atoms with Gasteiger partial charge in [0.2, 0.25) is 11.7 Å². The maximum atomic E-state index is 13.0. The number of aromatic nitrogens is 3. The molecule has 2 aromatic heterocycles. The highest BCUT2D eigenvalue weighted by molar-refractivity contribution is 5.92. The fourth-order valence-electron chi connectivity index (χ4n) is 4.58. The Labute approximate surface area is 169 Å². The summed E-state index contributed by atoms with van der Waals surface area (Å²) in [7, 11) is 1.59. The number of hydrogen-bond donors (Lipinski definition) is 1. The maximum absolute atomic E-state index is 13.0. The molecule has 1 saturated heterocycles. The minimum atomic E-state index is -0.0295. The summed E-state index contributed by atoms with van der Waals surface area (Å²) in [6.07, 6.45) is 6.58. The minimum Gasteiger partial charge on any atom is -0.481 e. The highest BCUT2D eigenvalue weighted by Gasteiger charge is 2.38. The van der Waals surface area contributed by atoms with E-state index in [9.17, 15) is 4.79 Å². The first-order valence-corrected chi connectivity index (χ1v) is 10.1. The second-order valence-electron chi connectivity index (χ2n) is 8.14.